The van der Waals surface area contributed by atoms with Crippen LogP contribution in [0.2, 0.25) is 0 Å². The molecule has 0 aromatic carbocycles. The van der Waals surface area contributed by atoms with Crippen molar-refractivity contribution in [1.82, 2.24) is 4.98 Å². The number of anilines is 1. The van der Waals surface area contributed by atoms with Crippen LogP contribution in [-0.2, 0) is 16.0 Å². The molecule has 0 fully saturated rings. The number of carbonyl (C=O) groups is 1. The number of nitrogens with one attached hydrogen (secondary N) is 1. The number of rotatable bonds is 6. The second-order valence-corrected chi connectivity index (χ2v) is 5.49. The Balaban J connectivity index is 1.97. The molecule has 0 radical (unpaired) electrons. The molecule has 6 heteroatoms. The third kappa shape index (κ3) is 2.81. The van der Waals surface area contributed by atoms with E-state index in [1.165, 1.54) is 0 Å². The minimum atomic E-state index is -0.770. The van der Waals surface area contributed by atoms with Crippen molar-refractivity contribution in [3.8, 4) is 0 Å². The molecule has 2 atom stereocenters. The Bertz CT molecular complexity index is 433. The predicted molar refractivity (Wildman–Crippen MR) is 70.4 cm³/mol. The molecule has 1 heterocycles. The van der Waals surface area contributed by atoms with Crippen molar-refractivity contribution in [1.29, 1.82) is 0 Å². The van der Waals surface area contributed by atoms with Crippen LogP contribution in [-0.4, -0.2) is 35.3 Å². The standard InChI is InChI=1S/C12H18N2O3S/c1-3-17-7(2)6-13-12-14-10-8(11(15)16)4-5-9(10)18-12/h7-8H,3-6H2,1-2H3,(H,13,14)(H,15,16). The normalized spacial score (nSPS) is 19.6. The SMILES string of the molecule is CCOC(C)CNc1nc2c(s1)CCC2C(=O)O. The first-order valence-corrected chi connectivity index (χ1v) is 7.01. The Kier molecular flexibility index (Phi) is 4.19. The molecule has 0 bridgehead atoms. The maximum absolute atomic E-state index is 11.0. The van der Waals surface area contributed by atoms with Gasteiger partial charge in [-0.2, -0.15) is 0 Å². The van der Waals surface area contributed by atoms with E-state index in [0.29, 0.717) is 19.6 Å². The lowest BCUT2D eigenvalue weighted by Gasteiger charge is -2.11. The second kappa shape index (κ2) is 5.67. The third-order valence-electron chi connectivity index (χ3n) is 3.01. The largest absolute Gasteiger partial charge is 0.481 e. The summed E-state index contributed by atoms with van der Waals surface area (Å²) in [6.07, 6.45) is 1.63. The molecule has 0 saturated heterocycles. The Morgan fingerprint density at radius 1 is 1.72 bits per heavy atom. The van der Waals surface area contributed by atoms with Gasteiger partial charge in [0, 0.05) is 18.0 Å². The van der Waals surface area contributed by atoms with Crippen LogP contribution in [0.15, 0.2) is 0 Å². The van der Waals surface area contributed by atoms with Crippen molar-refractivity contribution in [2.24, 2.45) is 0 Å². The number of aryl methyl sites for hydroxylation is 1. The zero-order valence-corrected chi connectivity index (χ0v) is 11.4. The first kappa shape index (κ1) is 13.3. The van der Waals surface area contributed by atoms with Crippen LogP contribution in [0.3, 0.4) is 0 Å². The summed E-state index contributed by atoms with van der Waals surface area (Å²) in [4.78, 5) is 16.6. The van der Waals surface area contributed by atoms with Crippen LogP contribution in [0.5, 0.6) is 0 Å². The highest BCUT2D eigenvalue weighted by Crippen LogP contribution is 2.38. The lowest BCUT2D eigenvalue weighted by Crippen LogP contribution is -2.19. The van der Waals surface area contributed by atoms with Gasteiger partial charge in [0.2, 0.25) is 0 Å². The second-order valence-electron chi connectivity index (χ2n) is 4.40. The topological polar surface area (TPSA) is 71.5 Å². The summed E-state index contributed by atoms with van der Waals surface area (Å²) in [7, 11) is 0. The molecule has 1 aromatic rings. The number of nitrogens with zero attached hydrogens (tertiary/aromatic N) is 1. The predicted octanol–water partition coefficient (Wildman–Crippen LogP) is 2.09. The molecule has 0 saturated carbocycles. The van der Waals surface area contributed by atoms with Gasteiger partial charge in [0.1, 0.15) is 5.92 Å². The van der Waals surface area contributed by atoms with Gasteiger partial charge in [-0.3, -0.25) is 4.79 Å². The minimum Gasteiger partial charge on any atom is -0.481 e. The molecule has 1 aromatic heterocycles. The zero-order chi connectivity index (χ0) is 13.1. The molecular formula is C12H18N2O3S. The molecule has 0 aliphatic heterocycles. The number of hydrogen-bond donors (Lipinski definition) is 2. The number of carboxylic acids is 1. The van der Waals surface area contributed by atoms with Gasteiger partial charge in [-0.05, 0) is 26.7 Å². The first-order chi connectivity index (χ1) is 8.61. The van der Waals surface area contributed by atoms with E-state index in [0.717, 1.165) is 22.1 Å². The fourth-order valence-corrected chi connectivity index (χ4v) is 3.16. The van der Waals surface area contributed by atoms with Crippen molar-refractivity contribution in [2.45, 2.75) is 38.7 Å². The Hall–Kier alpha value is -1.14. The maximum atomic E-state index is 11.0. The molecule has 0 spiro atoms. The summed E-state index contributed by atoms with van der Waals surface area (Å²) < 4.78 is 5.42. The number of carboxylic acid groups (broad SMARTS) is 1. The van der Waals surface area contributed by atoms with E-state index in [-0.39, 0.29) is 6.10 Å². The van der Waals surface area contributed by atoms with E-state index in [1.54, 1.807) is 11.3 Å². The van der Waals surface area contributed by atoms with E-state index in [2.05, 4.69) is 10.3 Å². The molecule has 2 unspecified atom stereocenters. The van der Waals surface area contributed by atoms with E-state index in [1.807, 2.05) is 13.8 Å². The number of thiazole rings is 1. The van der Waals surface area contributed by atoms with Gasteiger partial charge in [-0.15, -0.1) is 11.3 Å². The highest BCUT2D eigenvalue weighted by Gasteiger charge is 2.32. The lowest BCUT2D eigenvalue weighted by atomic mass is 10.1. The van der Waals surface area contributed by atoms with Crippen LogP contribution < -0.4 is 5.32 Å². The molecule has 2 rings (SSSR count). The van der Waals surface area contributed by atoms with Crippen molar-refractivity contribution in [2.75, 3.05) is 18.5 Å². The quantitative estimate of drug-likeness (QED) is 0.828. The van der Waals surface area contributed by atoms with Gasteiger partial charge < -0.3 is 15.2 Å². The number of aliphatic carboxylic acids is 1. The smallest absolute Gasteiger partial charge is 0.312 e. The number of aromatic nitrogens is 1. The van der Waals surface area contributed by atoms with Gasteiger partial charge in [0.25, 0.3) is 0 Å². The maximum Gasteiger partial charge on any atom is 0.312 e. The van der Waals surface area contributed by atoms with Crippen molar-refractivity contribution in [3.63, 3.8) is 0 Å². The summed E-state index contributed by atoms with van der Waals surface area (Å²) in [5.41, 5.74) is 0.749. The fourth-order valence-electron chi connectivity index (χ4n) is 2.12. The monoisotopic (exact) mass is 270 g/mol. The minimum absolute atomic E-state index is 0.129. The average Bonchev–Trinajstić information content (AvgIpc) is 2.85. The summed E-state index contributed by atoms with van der Waals surface area (Å²) in [5, 5.41) is 13.1. The fraction of sp³-hybridized carbons (Fsp3) is 0.667. The molecule has 100 valence electrons. The highest BCUT2D eigenvalue weighted by atomic mass is 32.1. The number of fused-ring (bicyclic) bond motifs is 1. The molecule has 0 amide bonds. The Labute approximate surface area is 110 Å². The summed E-state index contributed by atoms with van der Waals surface area (Å²) in [6.45, 7) is 5.35. The van der Waals surface area contributed by atoms with Gasteiger partial charge in [-0.1, -0.05) is 0 Å². The summed E-state index contributed by atoms with van der Waals surface area (Å²) >= 11 is 1.56. The van der Waals surface area contributed by atoms with Crippen molar-refractivity contribution < 1.29 is 14.6 Å². The van der Waals surface area contributed by atoms with Crippen LogP contribution >= 0.6 is 11.3 Å². The lowest BCUT2D eigenvalue weighted by molar-refractivity contribution is -0.138. The molecule has 1 aliphatic rings. The average molecular weight is 270 g/mol. The summed E-state index contributed by atoms with van der Waals surface area (Å²) in [5.74, 6) is -1.19. The zero-order valence-electron chi connectivity index (χ0n) is 10.6. The number of hydrogen-bond acceptors (Lipinski definition) is 5. The van der Waals surface area contributed by atoms with Crippen molar-refractivity contribution in [3.05, 3.63) is 10.6 Å². The van der Waals surface area contributed by atoms with Gasteiger partial charge >= 0.3 is 5.97 Å². The van der Waals surface area contributed by atoms with Gasteiger partial charge in [0.15, 0.2) is 5.13 Å². The van der Waals surface area contributed by atoms with E-state index >= 15 is 0 Å². The molecule has 1 aliphatic carbocycles. The molecule has 18 heavy (non-hydrogen) atoms. The van der Waals surface area contributed by atoms with E-state index in [4.69, 9.17) is 9.84 Å². The van der Waals surface area contributed by atoms with E-state index < -0.39 is 11.9 Å². The highest BCUT2D eigenvalue weighted by molar-refractivity contribution is 7.15. The first-order valence-electron chi connectivity index (χ1n) is 6.19. The Morgan fingerprint density at radius 3 is 3.17 bits per heavy atom. The van der Waals surface area contributed by atoms with E-state index in [9.17, 15) is 4.79 Å². The Morgan fingerprint density at radius 2 is 2.50 bits per heavy atom. The molecular weight excluding hydrogens is 252 g/mol. The van der Waals surface area contributed by atoms with Crippen LogP contribution in [0, 0.1) is 0 Å². The van der Waals surface area contributed by atoms with Crippen LogP contribution in [0.25, 0.3) is 0 Å². The molecule has 2 N–H and O–H groups in total. The van der Waals surface area contributed by atoms with Gasteiger partial charge in [0.05, 0.1) is 11.8 Å². The third-order valence-corrected chi connectivity index (χ3v) is 4.10. The van der Waals surface area contributed by atoms with Crippen LogP contribution in [0.1, 0.15) is 36.8 Å². The van der Waals surface area contributed by atoms with Gasteiger partial charge in [-0.25, -0.2) is 4.98 Å². The van der Waals surface area contributed by atoms with Crippen molar-refractivity contribution >= 4 is 22.4 Å². The number of ether oxygens (including phenoxy) is 1. The molecule has 5 nitrogen and oxygen atoms in total. The van der Waals surface area contributed by atoms with Crippen LogP contribution in [0.4, 0.5) is 5.13 Å². The summed E-state index contributed by atoms with van der Waals surface area (Å²) in [6, 6.07) is 0.